The molecule has 118 valence electrons. The largest absolute Gasteiger partial charge is 0.383 e. The maximum absolute atomic E-state index is 12.7. The lowest BCUT2D eigenvalue weighted by Crippen LogP contribution is -2.46. The quantitative estimate of drug-likeness (QED) is 0.713. The zero-order valence-electron chi connectivity index (χ0n) is 12.5. The molecule has 1 aliphatic heterocycles. The zero-order valence-corrected chi connectivity index (χ0v) is 13.3. The zero-order chi connectivity index (χ0) is 15.2. The number of methoxy groups -OCH3 is 1. The number of carbonyl (C=O) groups is 1. The molecule has 1 unspecified atom stereocenters. The van der Waals surface area contributed by atoms with Gasteiger partial charge in [-0.15, -0.1) is 0 Å². The monoisotopic (exact) mass is 315 g/mol. The van der Waals surface area contributed by atoms with E-state index in [2.05, 4.69) is 16.9 Å². The highest BCUT2D eigenvalue weighted by Crippen LogP contribution is 2.20. The van der Waals surface area contributed by atoms with Crippen LogP contribution >= 0.6 is 11.6 Å². The highest BCUT2D eigenvalue weighted by molar-refractivity contribution is 6.33. The smallest absolute Gasteiger partial charge is 0.212 e. The van der Waals surface area contributed by atoms with E-state index in [0.29, 0.717) is 37.0 Å². The van der Waals surface area contributed by atoms with Crippen molar-refractivity contribution in [2.24, 2.45) is 0 Å². The number of aromatic nitrogens is 2. The Morgan fingerprint density at radius 2 is 2.38 bits per heavy atom. The number of ether oxygens (including phenoxy) is 2. The second kappa shape index (κ2) is 7.89. The second-order valence-electron chi connectivity index (χ2n) is 5.08. The van der Waals surface area contributed by atoms with Crippen LogP contribution in [0.3, 0.4) is 0 Å². The molecule has 2 rings (SSSR count). The maximum Gasteiger partial charge on any atom is 0.212 e. The molecule has 1 saturated heterocycles. The van der Waals surface area contributed by atoms with Crippen LogP contribution in [0, 0.1) is 0 Å². The predicted octanol–water partition coefficient (Wildman–Crippen LogP) is 1.48. The number of halogens is 1. The van der Waals surface area contributed by atoms with Crippen molar-refractivity contribution in [3.8, 4) is 0 Å². The molecule has 0 amide bonds. The number of hydrogen-bond donors (Lipinski definition) is 0. The molecule has 0 aliphatic carbocycles. The summed E-state index contributed by atoms with van der Waals surface area (Å²) in [4.78, 5) is 14.9. The molecule has 0 N–H and O–H groups in total. The van der Waals surface area contributed by atoms with Crippen LogP contribution in [0.4, 0.5) is 0 Å². The standard InChI is InChI=1S/C14H22ClN3O3/c1-3-4-17-5-8-21-12(10-17)14(19)13-11(15)9-16-18(13)6-7-20-2/h9,12H,3-8,10H2,1-2H3. The highest BCUT2D eigenvalue weighted by Gasteiger charge is 2.30. The van der Waals surface area contributed by atoms with E-state index in [9.17, 15) is 4.79 Å². The summed E-state index contributed by atoms with van der Waals surface area (Å²) in [6.07, 6.45) is 2.09. The van der Waals surface area contributed by atoms with Gasteiger partial charge in [-0.2, -0.15) is 5.10 Å². The number of Topliss-reactive ketones (excluding diaryl/α,β-unsaturated/α-hetero) is 1. The lowest BCUT2D eigenvalue weighted by molar-refractivity contribution is -0.0169. The van der Waals surface area contributed by atoms with E-state index in [0.717, 1.165) is 19.5 Å². The summed E-state index contributed by atoms with van der Waals surface area (Å²) in [6, 6.07) is 0. The number of hydrogen-bond acceptors (Lipinski definition) is 5. The summed E-state index contributed by atoms with van der Waals surface area (Å²) >= 11 is 6.12. The predicted molar refractivity (Wildman–Crippen MR) is 79.9 cm³/mol. The van der Waals surface area contributed by atoms with Crippen LogP contribution in [0.15, 0.2) is 6.20 Å². The molecule has 0 bridgehead atoms. The van der Waals surface area contributed by atoms with Gasteiger partial charge in [-0.25, -0.2) is 0 Å². The van der Waals surface area contributed by atoms with Crippen molar-refractivity contribution in [3.63, 3.8) is 0 Å². The second-order valence-corrected chi connectivity index (χ2v) is 5.49. The van der Waals surface area contributed by atoms with Gasteiger partial charge in [0.1, 0.15) is 11.8 Å². The van der Waals surface area contributed by atoms with Gasteiger partial charge in [0.15, 0.2) is 0 Å². The lowest BCUT2D eigenvalue weighted by Gasteiger charge is -2.31. The fourth-order valence-corrected chi connectivity index (χ4v) is 2.72. The molecule has 0 radical (unpaired) electrons. The first-order valence-electron chi connectivity index (χ1n) is 7.25. The SMILES string of the molecule is CCCN1CCOC(C(=O)c2c(Cl)cnn2CCOC)C1. The molecule has 7 heteroatoms. The summed E-state index contributed by atoms with van der Waals surface area (Å²) < 4.78 is 12.3. The van der Waals surface area contributed by atoms with Crippen LogP contribution in [0.2, 0.25) is 5.02 Å². The Hall–Kier alpha value is -0.950. The summed E-state index contributed by atoms with van der Waals surface area (Å²) in [6.45, 7) is 6.13. The van der Waals surface area contributed by atoms with E-state index in [1.54, 1.807) is 11.8 Å². The topological polar surface area (TPSA) is 56.6 Å². The van der Waals surface area contributed by atoms with Gasteiger partial charge < -0.3 is 9.47 Å². The number of carbonyl (C=O) groups excluding carboxylic acids is 1. The van der Waals surface area contributed by atoms with Gasteiger partial charge in [0.25, 0.3) is 0 Å². The lowest BCUT2D eigenvalue weighted by atomic mass is 10.1. The van der Waals surface area contributed by atoms with Gasteiger partial charge in [0.2, 0.25) is 5.78 Å². The molecule has 1 aliphatic rings. The van der Waals surface area contributed by atoms with Gasteiger partial charge >= 0.3 is 0 Å². The molecule has 0 aromatic carbocycles. The van der Waals surface area contributed by atoms with Crippen LogP contribution in [0.1, 0.15) is 23.8 Å². The van der Waals surface area contributed by atoms with Gasteiger partial charge in [0.05, 0.1) is 31.0 Å². The van der Waals surface area contributed by atoms with Gasteiger partial charge in [-0.3, -0.25) is 14.4 Å². The molecule has 0 saturated carbocycles. The molecule has 1 aromatic rings. The first-order valence-corrected chi connectivity index (χ1v) is 7.63. The molecular formula is C14H22ClN3O3. The first kappa shape index (κ1) is 16.4. The molecule has 1 fully saturated rings. The van der Waals surface area contributed by atoms with Crippen molar-refractivity contribution in [2.45, 2.75) is 26.0 Å². The third kappa shape index (κ3) is 4.03. The summed E-state index contributed by atoms with van der Waals surface area (Å²) in [7, 11) is 1.61. The Bertz CT molecular complexity index is 476. The average molecular weight is 316 g/mol. The molecule has 0 spiro atoms. The molecule has 6 nitrogen and oxygen atoms in total. The first-order chi connectivity index (χ1) is 10.2. The Morgan fingerprint density at radius 1 is 1.57 bits per heavy atom. The van der Waals surface area contributed by atoms with Crippen molar-refractivity contribution < 1.29 is 14.3 Å². The number of morpholine rings is 1. The van der Waals surface area contributed by atoms with Crippen molar-refractivity contribution in [3.05, 3.63) is 16.9 Å². The molecule has 1 atom stereocenters. The number of rotatable bonds is 7. The number of ketones is 1. The Morgan fingerprint density at radius 3 is 3.10 bits per heavy atom. The Labute approximate surface area is 129 Å². The van der Waals surface area contributed by atoms with E-state index in [4.69, 9.17) is 21.1 Å². The van der Waals surface area contributed by atoms with Gasteiger partial charge in [-0.05, 0) is 13.0 Å². The molecule has 21 heavy (non-hydrogen) atoms. The van der Waals surface area contributed by atoms with Crippen LogP contribution in [0.25, 0.3) is 0 Å². The van der Waals surface area contributed by atoms with E-state index < -0.39 is 6.10 Å². The van der Waals surface area contributed by atoms with Crippen molar-refractivity contribution in [1.82, 2.24) is 14.7 Å². The Kier molecular flexibility index (Phi) is 6.17. The Balaban J connectivity index is 2.10. The summed E-state index contributed by atoms with van der Waals surface area (Å²) in [5, 5.41) is 4.51. The van der Waals surface area contributed by atoms with Crippen LogP contribution < -0.4 is 0 Å². The molecule has 1 aromatic heterocycles. The highest BCUT2D eigenvalue weighted by atomic mass is 35.5. The van der Waals surface area contributed by atoms with Crippen molar-refractivity contribution in [2.75, 3.05) is 40.0 Å². The van der Waals surface area contributed by atoms with Crippen LogP contribution in [-0.2, 0) is 16.0 Å². The van der Waals surface area contributed by atoms with E-state index in [-0.39, 0.29) is 5.78 Å². The van der Waals surface area contributed by atoms with Crippen LogP contribution in [0.5, 0.6) is 0 Å². The fourth-order valence-electron chi connectivity index (χ4n) is 2.49. The molecule has 2 heterocycles. The summed E-state index contributed by atoms with van der Waals surface area (Å²) in [5.74, 6) is -0.102. The van der Waals surface area contributed by atoms with Crippen molar-refractivity contribution >= 4 is 17.4 Å². The van der Waals surface area contributed by atoms with E-state index in [1.807, 2.05) is 0 Å². The van der Waals surface area contributed by atoms with Crippen LogP contribution in [-0.4, -0.2) is 66.5 Å². The van der Waals surface area contributed by atoms with E-state index >= 15 is 0 Å². The molecular weight excluding hydrogens is 294 g/mol. The third-order valence-corrected chi connectivity index (χ3v) is 3.79. The number of nitrogens with zero attached hydrogens (tertiary/aromatic N) is 3. The minimum atomic E-state index is -0.471. The van der Waals surface area contributed by atoms with Crippen molar-refractivity contribution in [1.29, 1.82) is 0 Å². The fraction of sp³-hybridized carbons (Fsp3) is 0.714. The minimum Gasteiger partial charge on any atom is -0.383 e. The van der Waals surface area contributed by atoms with Gasteiger partial charge in [-0.1, -0.05) is 18.5 Å². The maximum atomic E-state index is 12.7. The van der Waals surface area contributed by atoms with E-state index in [1.165, 1.54) is 6.20 Å². The third-order valence-electron chi connectivity index (χ3n) is 3.52. The normalized spacial score (nSPS) is 19.9. The average Bonchev–Trinajstić information content (AvgIpc) is 2.86. The summed E-state index contributed by atoms with van der Waals surface area (Å²) in [5.41, 5.74) is 0.414. The minimum absolute atomic E-state index is 0.102. The van der Waals surface area contributed by atoms with Gasteiger partial charge in [0, 0.05) is 20.2 Å².